The summed E-state index contributed by atoms with van der Waals surface area (Å²) in [5, 5.41) is 3.99. The van der Waals surface area contributed by atoms with E-state index in [1.54, 1.807) is 16.9 Å². The van der Waals surface area contributed by atoms with Crippen molar-refractivity contribution in [1.29, 1.82) is 0 Å². The molecule has 2 heterocycles. The molecule has 16 heavy (non-hydrogen) atoms. The Morgan fingerprint density at radius 2 is 2.44 bits per heavy atom. The molecule has 0 atom stereocenters. The smallest absolute Gasteiger partial charge is 0.244 e. The van der Waals surface area contributed by atoms with E-state index in [9.17, 15) is 4.79 Å². The molecule has 2 rings (SSSR count). The van der Waals surface area contributed by atoms with Gasteiger partial charge >= 0.3 is 0 Å². The second-order valence-corrected chi connectivity index (χ2v) is 4.08. The van der Waals surface area contributed by atoms with Crippen LogP contribution in [0.3, 0.4) is 0 Å². The van der Waals surface area contributed by atoms with Crippen LogP contribution in [0.5, 0.6) is 0 Å². The molecule has 0 spiro atoms. The number of amides is 1. The van der Waals surface area contributed by atoms with Crippen LogP contribution in [0.25, 0.3) is 0 Å². The summed E-state index contributed by atoms with van der Waals surface area (Å²) in [7, 11) is 0. The first-order valence-corrected chi connectivity index (χ1v) is 5.37. The summed E-state index contributed by atoms with van der Waals surface area (Å²) >= 11 is 0. The van der Waals surface area contributed by atoms with Crippen LogP contribution < -0.4 is 5.73 Å². The summed E-state index contributed by atoms with van der Waals surface area (Å²) in [5.74, 6) is 0.536. The molecule has 1 aromatic rings. The Morgan fingerprint density at radius 3 is 3.00 bits per heavy atom. The van der Waals surface area contributed by atoms with E-state index >= 15 is 0 Å². The Hall–Kier alpha value is -1.78. The molecular formula is C11H16N4O. The minimum Gasteiger partial charge on any atom is -0.382 e. The molecule has 0 saturated heterocycles. The first-order valence-electron chi connectivity index (χ1n) is 5.37. The van der Waals surface area contributed by atoms with E-state index in [0.717, 1.165) is 13.0 Å². The van der Waals surface area contributed by atoms with Crippen molar-refractivity contribution < 1.29 is 4.79 Å². The van der Waals surface area contributed by atoms with E-state index < -0.39 is 0 Å². The van der Waals surface area contributed by atoms with Crippen LogP contribution in [0, 0.1) is 0 Å². The van der Waals surface area contributed by atoms with Crippen LogP contribution in [0.1, 0.15) is 13.3 Å². The number of carbonyl (C=O) groups excluding carboxylic acids is 1. The zero-order valence-electron chi connectivity index (χ0n) is 9.39. The highest BCUT2D eigenvalue weighted by atomic mass is 16.2. The minimum absolute atomic E-state index is 0.0897. The summed E-state index contributed by atoms with van der Waals surface area (Å²) in [6, 6.07) is 1.69. The normalized spacial score (nSPS) is 16.1. The Balaban J connectivity index is 1.94. The number of nitrogens with two attached hydrogens (primary N) is 1. The van der Waals surface area contributed by atoms with Crippen LogP contribution >= 0.6 is 0 Å². The molecule has 86 valence electrons. The standard InChI is InChI=1S/C11H16N4O/c1-9-2-5-14(6-3-9)11(16)8-15-7-4-10(12)13-15/h2,4,7H,3,5-6,8H2,1H3,(H2,12,13). The SMILES string of the molecule is CC1=CCN(C(=O)Cn2ccc(N)n2)CC1. The predicted octanol–water partition coefficient (Wildman–Crippen LogP) is 0.644. The monoisotopic (exact) mass is 220 g/mol. The first-order chi connectivity index (χ1) is 7.65. The number of hydrogen-bond donors (Lipinski definition) is 1. The van der Waals surface area contributed by atoms with Gasteiger partial charge in [-0.05, 0) is 19.4 Å². The van der Waals surface area contributed by atoms with Crippen LogP contribution in [-0.2, 0) is 11.3 Å². The maximum atomic E-state index is 11.9. The third-order valence-electron chi connectivity index (χ3n) is 2.75. The highest BCUT2D eigenvalue weighted by Crippen LogP contribution is 2.10. The molecule has 1 aromatic heterocycles. The van der Waals surface area contributed by atoms with E-state index in [0.29, 0.717) is 12.4 Å². The molecule has 0 unspecified atom stereocenters. The highest BCUT2D eigenvalue weighted by molar-refractivity contribution is 5.76. The van der Waals surface area contributed by atoms with Gasteiger partial charge in [-0.1, -0.05) is 11.6 Å². The lowest BCUT2D eigenvalue weighted by Crippen LogP contribution is -2.37. The number of hydrogen-bond acceptors (Lipinski definition) is 3. The first kappa shape index (κ1) is 10.7. The number of carbonyl (C=O) groups is 1. The van der Waals surface area contributed by atoms with E-state index in [2.05, 4.69) is 18.1 Å². The molecule has 5 heteroatoms. The van der Waals surface area contributed by atoms with Crippen molar-refractivity contribution in [2.24, 2.45) is 0 Å². The molecule has 0 aliphatic carbocycles. The van der Waals surface area contributed by atoms with Crippen molar-refractivity contribution in [3.8, 4) is 0 Å². The fourth-order valence-corrected chi connectivity index (χ4v) is 1.70. The number of rotatable bonds is 2. The average Bonchev–Trinajstić information content (AvgIpc) is 2.65. The summed E-state index contributed by atoms with van der Waals surface area (Å²) in [5.41, 5.74) is 6.84. The molecule has 1 amide bonds. The van der Waals surface area contributed by atoms with Crippen molar-refractivity contribution >= 4 is 11.7 Å². The molecule has 2 N–H and O–H groups in total. The van der Waals surface area contributed by atoms with E-state index in [-0.39, 0.29) is 12.5 Å². The van der Waals surface area contributed by atoms with Gasteiger partial charge in [0.15, 0.2) is 0 Å². The maximum absolute atomic E-state index is 11.9. The van der Waals surface area contributed by atoms with Crippen molar-refractivity contribution in [3.05, 3.63) is 23.9 Å². The number of nitrogen functional groups attached to an aromatic ring is 1. The van der Waals surface area contributed by atoms with Gasteiger partial charge < -0.3 is 10.6 Å². The van der Waals surface area contributed by atoms with Gasteiger partial charge in [0.2, 0.25) is 5.91 Å². The van der Waals surface area contributed by atoms with Crippen LogP contribution in [0.15, 0.2) is 23.9 Å². The summed E-state index contributed by atoms with van der Waals surface area (Å²) < 4.78 is 1.57. The molecule has 5 nitrogen and oxygen atoms in total. The lowest BCUT2D eigenvalue weighted by Gasteiger charge is -2.25. The molecule has 1 aliphatic heterocycles. The zero-order chi connectivity index (χ0) is 11.5. The third kappa shape index (κ3) is 2.42. The van der Waals surface area contributed by atoms with Crippen LogP contribution in [0.2, 0.25) is 0 Å². The van der Waals surface area contributed by atoms with Crippen molar-refractivity contribution in [1.82, 2.24) is 14.7 Å². The molecule has 0 radical (unpaired) electrons. The summed E-state index contributed by atoms with van der Waals surface area (Å²) in [4.78, 5) is 13.7. The Labute approximate surface area is 94.5 Å². The summed E-state index contributed by atoms with van der Waals surface area (Å²) in [6.07, 6.45) is 4.78. The van der Waals surface area contributed by atoms with Crippen LogP contribution in [-0.4, -0.2) is 33.7 Å². The second kappa shape index (κ2) is 4.38. The van der Waals surface area contributed by atoms with Gasteiger partial charge in [-0.3, -0.25) is 9.48 Å². The molecule has 0 fully saturated rings. The minimum atomic E-state index is 0.0897. The topological polar surface area (TPSA) is 64.2 Å². The van der Waals surface area contributed by atoms with Crippen molar-refractivity contribution in [3.63, 3.8) is 0 Å². The van der Waals surface area contributed by atoms with E-state index in [1.807, 2.05) is 4.90 Å². The number of anilines is 1. The number of nitrogens with zero attached hydrogens (tertiary/aromatic N) is 3. The van der Waals surface area contributed by atoms with Crippen molar-refractivity contribution in [2.45, 2.75) is 19.9 Å². The fourth-order valence-electron chi connectivity index (χ4n) is 1.70. The summed E-state index contributed by atoms with van der Waals surface area (Å²) in [6.45, 7) is 3.87. The molecule has 0 saturated carbocycles. The third-order valence-corrected chi connectivity index (χ3v) is 2.75. The molecule has 0 aromatic carbocycles. The van der Waals surface area contributed by atoms with Gasteiger partial charge in [-0.25, -0.2) is 0 Å². The van der Waals surface area contributed by atoms with Gasteiger partial charge in [0.1, 0.15) is 12.4 Å². The largest absolute Gasteiger partial charge is 0.382 e. The Morgan fingerprint density at radius 1 is 1.62 bits per heavy atom. The zero-order valence-corrected chi connectivity index (χ0v) is 9.39. The molecule has 0 bridgehead atoms. The van der Waals surface area contributed by atoms with Crippen molar-refractivity contribution in [2.75, 3.05) is 18.8 Å². The predicted molar refractivity (Wildman–Crippen MR) is 61.6 cm³/mol. The number of aromatic nitrogens is 2. The Bertz CT molecular complexity index is 421. The van der Waals surface area contributed by atoms with E-state index in [1.165, 1.54) is 5.57 Å². The van der Waals surface area contributed by atoms with Gasteiger partial charge in [-0.2, -0.15) is 5.10 Å². The second-order valence-electron chi connectivity index (χ2n) is 4.08. The fraction of sp³-hybridized carbons (Fsp3) is 0.455. The van der Waals surface area contributed by atoms with Gasteiger partial charge in [0.05, 0.1) is 0 Å². The highest BCUT2D eigenvalue weighted by Gasteiger charge is 2.16. The average molecular weight is 220 g/mol. The van der Waals surface area contributed by atoms with Gasteiger partial charge in [0.25, 0.3) is 0 Å². The quantitative estimate of drug-likeness (QED) is 0.744. The van der Waals surface area contributed by atoms with Gasteiger partial charge in [0, 0.05) is 19.3 Å². The van der Waals surface area contributed by atoms with E-state index in [4.69, 9.17) is 5.73 Å². The molecular weight excluding hydrogens is 204 g/mol. The lowest BCUT2D eigenvalue weighted by molar-refractivity contribution is -0.131. The maximum Gasteiger partial charge on any atom is 0.244 e. The lowest BCUT2D eigenvalue weighted by atomic mass is 10.1. The molecule has 1 aliphatic rings. The Kier molecular flexibility index (Phi) is 2.94. The van der Waals surface area contributed by atoms with Crippen LogP contribution in [0.4, 0.5) is 5.82 Å². The van der Waals surface area contributed by atoms with Gasteiger partial charge in [-0.15, -0.1) is 0 Å².